The number of hydrogen-bond donors (Lipinski definition) is 2. The van der Waals surface area contributed by atoms with Crippen LogP contribution in [0, 0.1) is 5.82 Å². The monoisotopic (exact) mass is 307 g/mol. The highest BCUT2D eigenvalue weighted by atomic mass is 32.2. The molecule has 21 heavy (non-hydrogen) atoms. The Balaban J connectivity index is 1.99. The van der Waals surface area contributed by atoms with Crippen LogP contribution in [0.25, 0.3) is 0 Å². The zero-order valence-corrected chi connectivity index (χ0v) is 12.0. The quantitative estimate of drug-likeness (QED) is 0.913. The van der Waals surface area contributed by atoms with E-state index in [0.29, 0.717) is 5.69 Å². The van der Waals surface area contributed by atoms with Gasteiger partial charge in [0.1, 0.15) is 0 Å². The third kappa shape index (κ3) is 2.69. The molecule has 0 radical (unpaired) electrons. The Morgan fingerprint density at radius 3 is 2.90 bits per heavy atom. The van der Waals surface area contributed by atoms with Gasteiger partial charge in [0.2, 0.25) is 5.03 Å². The van der Waals surface area contributed by atoms with Crippen LogP contribution in [-0.2, 0) is 16.4 Å². The molecule has 2 heterocycles. The molecule has 0 saturated carbocycles. The first-order chi connectivity index (χ1) is 10.1. The second-order valence-corrected chi connectivity index (χ2v) is 6.36. The summed E-state index contributed by atoms with van der Waals surface area (Å²) in [5.41, 5.74) is 2.21. The second-order valence-electron chi connectivity index (χ2n) is 4.77. The van der Waals surface area contributed by atoms with Gasteiger partial charge in [0.15, 0.2) is 5.82 Å². The van der Waals surface area contributed by atoms with Gasteiger partial charge in [-0.25, -0.2) is 9.37 Å². The van der Waals surface area contributed by atoms with Crippen molar-refractivity contribution in [2.75, 3.05) is 16.6 Å². The van der Waals surface area contributed by atoms with Crippen LogP contribution in [0.15, 0.2) is 41.6 Å². The van der Waals surface area contributed by atoms with Crippen LogP contribution in [0.4, 0.5) is 15.8 Å². The first-order valence-electron chi connectivity index (χ1n) is 6.57. The van der Waals surface area contributed by atoms with Gasteiger partial charge in [-0.2, -0.15) is 8.42 Å². The average Bonchev–Trinajstić information content (AvgIpc) is 2.47. The highest BCUT2D eigenvalue weighted by Gasteiger charge is 2.23. The van der Waals surface area contributed by atoms with E-state index in [1.807, 2.05) is 6.07 Å². The van der Waals surface area contributed by atoms with Crippen LogP contribution in [0.1, 0.15) is 12.0 Å². The van der Waals surface area contributed by atoms with E-state index in [2.05, 4.69) is 15.0 Å². The van der Waals surface area contributed by atoms with Gasteiger partial charge in [0.25, 0.3) is 10.0 Å². The Kier molecular flexibility index (Phi) is 3.50. The van der Waals surface area contributed by atoms with Crippen LogP contribution in [0.3, 0.4) is 0 Å². The number of aryl methyl sites for hydroxylation is 1. The molecule has 0 atom stereocenters. The molecule has 2 N–H and O–H groups in total. The Hall–Kier alpha value is -2.15. The Bertz CT molecular complexity index is 778. The lowest BCUT2D eigenvalue weighted by Gasteiger charge is -2.21. The van der Waals surface area contributed by atoms with Crippen molar-refractivity contribution in [2.45, 2.75) is 17.9 Å². The number of hydrogen-bond acceptors (Lipinski definition) is 4. The molecule has 1 aromatic carbocycles. The Labute approximate surface area is 122 Å². The van der Waals surface area contributed by atoms with Gasteiger partial charge >= 0.3 is 0 Å². The fourth-order valence-corrected chi connectivity index (χ4v) is 3.44. The average molecular weight is 307 g/mol. The van der Waals surface area contributed by atoms with Crippen LogP contribution >= 0.6 is 0 Å². The summed E-state index contributed by atoms with van der Waals surface area (Å²) in [6, 6.07) is 7.79. The number of nitrogens with zero attached hydrogens (tertiary/aromatic N) is 1. The Morgan fingerprint density at radius 1 is 1.24 bits per heavy atom. The lowest BCUT2D eigenvalue weighted by atomic mass is 10.0. The molecule has 0 amide bonds. The number of sulfonamides is 1. The van der Waals surface area contributed by atoms with Crippen molar-refractivity contribution in [2.24, 2.45) is 0 Å². The minimum absolute atomic E-state index is 0.414. The van der Waals surface area contributed by atoms with Gasteiger partial charge in [-0.05, 0) is 36.6 Å². The third-order valence-electron chi connectivity index (χ3n) is 3.30. The molecule has 1 aliphatic heterocycles. The van der Waals surface area contributed by atoms with Crippen molar-refractivity contribution in [1.82, 2.24) is 4.98 Å². The molecule has 3 rings (SSSR count). The molecule has 2 aromatic rings. The highest BCUT2D eigenvalue weighted by Crippen LogP contribution is 2.31. The summed E-state index contributed by atoms with van der Waals surface area (Å²) in [7, 11) is -4.05. The molecular formula is C14H14FN3O2S. The van der Waals surface area contributed by atoms with Crippen molar-refractivity contribution < 1.29 is 12.8 Å². The molecule has 0 spiro atoms. The third-order valence-corrected chi connectivity index (χ3v) is 4.60. The minimum atomic E-state index is -4.05. The maximum Gasteiger partial charge on any atom is 0.282 e. The molecule has 5 nitrogen and oxygen atoms in total. The predicted octanol–water partition coefficient (Wildman–Crippen LogP) is 2.38. The molecular weight excluding hydrogens is 293 g/mol. The van der Waals surface area contributed by atoms with Crippen LogP contribution in [-0.4, -0.2) is 19.9 Å². The zero-order chi connectivity index (χ0) is 14.9. The van der Waals surface area contributed by atoms with Crippen LogP contribution in [0.2, 0.25) is 0 Å². The van der Waals surface area contributed by atoms with E-state index in [1.54, 1.807) is 12.1 Å². The lowest BCUT2D eigenvalue weighted by molar-refractivity contribution is 0.557. The number of nitrogens with one attached hydrogen (secondary N) is 2. The maximum absolute atomic E-state index is 13.6. The number of pyridine rings is 1. The van der Waals surface area contributed by atoms with Crippen LogP contribution in [0.5, 0.6) is 0 Å². The smallest absolute Gasteiger partial charge is 0.282 e. The van der Waals surface area contributed by atoms with E-state index in [9.17, 15) is 12.8 Å². The molecule has 1 aromatic heterocycles. The van der Waals surface area contributed by atoms with Gasteiger partial charge in [-0.3, -0.25) is 4.72 Å². The number of anilines is 2. The van der Waals surface area contributed by atoms with E-state index in [4.69, 9.17) is 0 Å². The summed E-state index contributed by atoms with van der Waals surface area (Å²) in [5.74, 6) is -0.872. The van der Waals surface area contributed by atoms with E-state index in [1.165, 1.54) is 12.3 Å². The lowest BCUT2D eigenvalue weighted by Crippen LogP contribution is -2.19. The first kappa shape index (κ1) is 13.8. The Morgan fingerprint density at radius 2 is 2.10 bits per heavy atom. The second kappa shape index (κ2) is 5.33. The van der Waals surface area contributed by atoms with Crippen molar-refractivity contribution in [1.29, 1.82) is 0 Å². The van der Waals surface area contributed by atoms with E-state index in [0.717, 1.165) is 36.7 Å². The van der Waals surface area contributed by atoms with Crippen LogP contribution < -0.4 is 10.0 Å². The summed E-state index contributed by atoms with van der Waals surface area (Å²) < 4.78 is 40.6. The number of aromatic nitrogens is 1. The highest BCUT2D eigenvalue weighted by molar-refractivity contribution is 7.92. The largest absolute Gasteiger partial charge is 0.383 e. The fourth-order valence-electron chi connectivity index (χ4n) is 2.36. The van der Waals surface area contributed by atoms with Gasteiger partial charge in [-0.15, -0.1) is 0 Å². The molecule has 0 aliphatic carbocycles. The summed E-state index contributed by atoms with van der Waals surface area (Å²) in [6.07, 6.45) is 3.13. The number of halogens is 1. The van der Waals surface area contributed by atoms with Crippen molar-refractivity contribution in [3.63, 3.8) is 0 Å². The van der Waals surface area contributed by atoms with Crippen molar-refractivity contribution >= 4 is 21.4 Å². The first-order valence-corrected chi connectivity index (χ1v) is 8.05. The number of fused-ring (bicyclic) bond motifs is 1. The minimum Gasteiger partial charge on any atom is -0.383 e. The van der Waals surface area contributed by atoms with E-state index in [-0.39, 0.29) is 0 Å². The topological polar surface area (TPSA) is 71.1 Å². The van der Waals surface area contributed by atoms with Gasteiger partial charge in [0, 0.05) is 12.7 Å². The van der Waals surface area contributed by atoms with Crippen molar-refractivity contribution in [3.8, 4) is 0 Å². The summed E-state index contributed by atoms with van der Waals surface area (Å²) >= 11 is 0. The fraction of sp³-hybridized carbons (Fsp3) is 0.214. The normalized spacial score (nSPS) is 14.1. The molecule has 0 bridgehead atoms. The van der Waals surface area contributed by atoms with Crippen molar-refractivity contribution in [3.05, 3.63) is 47.9 Å². The van der Waals surface area contributed by atoms with Gasteiger partial charge < -0.3 is 5.32 Å². The summed E-state index contributed by atoms with van der Waals surface area (Å²) in [6.45, 7) is 0.781. The summed E-state index contributed by atoms with van der Waals surface area (Å²) in [4.78, 5) is 3.61. The predicted molar refractivity (Wildman–Crippen MR) is 78.3 cm³/mol. The van der Waals surface area contributed by atoms with Gasteiger partial charge in [0.05, 0.1) is 11.4 Å². The van der Waals surface area contributed by atoms with Gasteiger partial charge in [-0.1, -0.05) is 12.1 Å². The maximum atomic E-state index is 13.6. The molecule has 110 valence electrons. The summed E-state index contributed by atoms with van der Waals surface area (Å²) in [5, 5.41) is 2.58. The number of para-hydroxylation sites is 1. The molecule has 0 saturated heterocycles. The van der Waals surface area contributed by atoms with E-state index >= 15 is 0 Å². The number of benzene rings is 1. The standard InChI is InChI=1S/C14H14FN3O2S/c15-11-6-3-9-17-14(11)21(19,20)18-12-7-1-4-10-5-2-8-16-13(10)12/h1,3-4,6-7,9,16,18H,2,5,8H2. The number of rotatable bonds is 3. The SMILES string of the molecule is O=S(=O)(Nc1cccc2c1NCCC2)c1ncccc1F. The molecule has 0 unspecified atom stereocenters. The molecule has 0 fully saturated rings. The zero-order valence-electron chi connectivity index (χ0n) is 11.1. The van der Waals surface area contributed by atoms with E-state index < -0.39 is 20.9 Å². The molecule has 7 heteroatoms. The molecule has 1 aliphatic rings.